The molecule has 0 atom stereocenters. The van der Waals surface area contributed by atoms with Crippen molar-refractivity contribution in [3.63, 3.8) is 0 Å². The number of aromatic hydroxyl groups is 1. The zero-order valence-electron chi connectivity index (χ0n) is 17.2. The first-order valence-electron chi connectivity index (χ1n) is 9.74. The Morgan fingerprint density at radius 1 is 0.882 bits per heavy atom. The van der Waals surface area contributed by atoms with Crippen molar-refractivity contribution in [3.8, 4) is 11.6 Å². The van der Waals surface area contributed by atoms with Gasteiger partial charge in [-0.3, -0.25) is 4.79 Å². The number of alkyl halides is 3. The van der Waals surface area contributed by atoms with Gasteiger partial charge in [-0.1, -0.05) is 48.5 Å². The highest BCUT2D eigenvalue weighted by atomic mass is 32.2. The van der Waals surface area contributed by atoms with Crippen molar-refractivity contribution in [1.82, 2.24) is 9.40 Å². The molecule has 0 spiro atoms. The smallest absolute Gasteiger partial charge is 0.418 e. The average Bonchev–Trinajstić information content (AvgIpc) is 2.81. The van der Waals surface area contributed by atoms with Crippen LogP contribution in [-0.2, 0) is 16.2 Å². The molecule has 4 aromatic rings. The van der Waals surface area contributed by atoms with E-state index in [9.17, 15) is 31.5 Å². The van der Waals surface area contributed by atoms with Crippen LogP contribution in [0.15, 0.2) is 93.7 Å². The van der Waals surface area contributed by atoms with E-state index in [1.807, 2.05) is 4.83 Å². The lowest BCUT2D eigenvalue weighted by Crippen LogP contribution is -2.23. The standard InChI is InChI=1S/C23H16F3N3O4S/c24-23(25,26)19-12-6-7-13-20(19)29-21(30)17-11-5-4-10-16(17)18(22(29)31)14-27-28-34(32,33)15-8-2-1-3-9-15/h1-14,28,31H/b27-14+. The first kappa shape index (κ1) is 23.1. The quantitative estimate of drug-likeness (QED) is 0.328. The van der Waals surface area contributed by atoms with Crippen LogP contribution in [0.1, 0.15) is 11.1 Å². The molecule has 0 bridgehead atoms. The Hall–Kier alpha value is -4.12. The summed E-state index contributed by atoms with van der Waals surface area (Å²) in [7, 11) is -4.04. The molecule has 1 heterocycles. The van der Waals surface area contributed by atoms with Gasteiger partial charge in [-0.15, -0.1) is 0 Å². The third-order valence-electron chi connectivity index (χ3n) is 4.97. The van der Waals surface area contributed by atoms with E-state index in [1.54, 1.807) is 12.1 Å². The van der Waals surface area contributed by atoms with Crippen LogP contribution in [0.25, 0.3) is 16.5 Å². The summed E-state index contributed by atoms with van der Waals surface area (Å²) in [6.07, 6.45) is -3.86. The minimum absolute atomic E-state index is 0.00430. The molecule has 0 aliphatic carbocycles. The first-order valence-corrected chi connectivity index (χ1v) is 11.2. The molecule has 34 heavy (non-hydrogen) atoms. The molecule has 0 aliphatic heterocycles. The van der Waals surface area contributed by atoms with Gasteiger partial charge in [0.2, 0.25) is 5.88 Å². The summed E-state index contributed by atoms with van der Waals surface area (Å²) in [5.41, 5.74) is -2.74. The zero-order valence-corrected chi connectivity index (χ0v) is 18.0. The Morgan fingerprint density at radius 3 is 2.15 bits per heavy atom. The van der Waals surface area contributed by atoms with E-state index >= 15 is 0 Å². The van der Waals surface area contributed by atoms with Crippen molar-refractivity contribution >= 4 is 27.0 Å². The molecule has 1 aromatic heterocycles. The summed E-state index contributed by atoms with van der Waals surface area (Å²) in [5, 5.41) is 14.7. The van der Waals surface area contributed by atoms with Gasteiger partial charge in [-0.2, -0.15) is 26.7 Å². The van der Waals surface area contributed by atoms with E-state index in [1.165, 1.54) is 48.5 Å². The van der Waals surface area contributed by atoms with Crippen LogP contribution >= 0.6 is 0 Å². The number of hydrogen-bond donors (Lipinski definition) is 2. The highest BCUT2D eigenvalue weighted by molar-refractivity contribution is 7.89. The van der Waals surface area contributed by atoms with Crippen molar-refractivity contribution in [2.75, 3.05) is 0 Å². The molecule has 0 saturated heterocycles. The van der Waals surface area contributed by atoms with E-state index in [4.69, 9.17) is 0 Å². The molecule has 0 saturated carbocycles. The molecule has 174 valence electrons. The second-order valence-corrected chi connectivity index (χ2v) is 8.77. The molecule has 4 rings (SSSR count). The molecule has 0 unspecified atom stereocenters. The molecule has 2 N–H and O–H groups in total. The highest BCUT2D eigenvalue weighted by Gasteiger charge is 2.34. The summed E-state index contributed by atoms with van der Waals surface area (Å²) in [6.45, 7) is 0. The van der Waals surface area contributed by atoms with Gasteiger partial charge >= 0.3 is 6.18 Å². The molecular weight excluding hydrogens is 471 g/mol. The van der Waals surface area contributed by atoms with Gasteiger partial charge in [0.15, 0.2) is 0 Å². The first-order chi connectivity index (χ1) is 16.1. The maximum atomic E-state index is 13.6. The van der Waals surface area contributed by atoms with Crippen molar-refractivity contribution in [3.05, 3.63) is 100 Å². The number of sulfonamides is 1. The fourth-order valence-corrected chi connectivity index (χ4v) is 4.25. The number of aromatic nitrogens is 1. The molecular formula is C23H16F3N3O4S. The monoisotopic (exact) mass is 487 g/mol. The predicted octanol–water partition coefficient (Wildman–Crippen LogP) is 4.03. The van der Waals surface area contributed by atoms with Crippen LogP contribution in [0.4, 0.5) is 13.2 Å². The molecule has 0 radical (unpaired) electrons. The van der Waals surface area contributed by atoms with Gasteiger partial charge in [-0.05, 0) is 30.3 Å². The van der Waals surface area contributed by atoms with Gasteiger partial charge in [0, 0.05) is 10.8 Å². The number of hydrogen-bond acceptors (Lipinski definition) is 5. The number of nitrogens with one attached hydrogen (secondary N) is 1. The van der Waals surface area contributed by atoms with Crippen molar-refractivity contribution < 1.29 is 26.7 Å². The Balaban J connectivity index is 1.90. The average molecular weight is 487 g/mol. The van der Waals surface area contributed by atoms with Gasteiger partial charge in [0.25, 0.3) is 15.6 Å². The van der Waals surface area contributed by atoms with Gasteiger partial charge < -0.3 is 5.11 Å². The normalized spacial score (nSPS) is 12.3. The van der Waals surface area contributed by atoms with Crippen LogP contribution in [0.3, 0.4) is 0 Å². The maximum Gasteiger partial charge on any atom is 0.418 e. The third kappa shape index (κ3) is 4.25. The number of para-hydroxylation sites is 1. The van der Waals surface area contributed by atoms with Crippen LogP contribution in [-0.4, -0.2) is 24.3 Å². The summed E-state index contributed by atoms with van der Waals surface area (Å²) in [4.78, 5) is 15.0. The van der Waals surface area contributed by atoms with Crippen molar-refractivity contribution in [1.29, 1.82) is 0 Å². The number of fused-ring (bicyclic) bond motifs is 1. The Kier molecular flexibility index (Phi) is 5.88. The number of rotatable bonds is 5. The van der Waals surface area contributed by atoms with Crippen molar-refractivity contribution in [2.24, 2.45) is 5.10 Å². The highest BCUT2D eigenvalue weighted by Crippen LogP contribution is 2.35. The molecule has 0 fully saturated rings. The number of pyridine rings is 1. The Bertz CT molecular complexity index is 1560. The Morgan fingerprint density at radius 2 is 1.47 bits per heavy atom. The molecule has 0 amide bonds. The zero-order chi connectivity index (χ0) is 24.5. The second-order valence-electron chi connectivity index (χ2n) is 7.10. The summed E-state index contributed by atoms with van der Waals surface area (Å²) in [6, 6.07) is 17.6. The van der Waals surface area contributed by atoms with Gasteiger partial charge in [0.05, 0.1) is 27.9 Å². The SMILES string of the molecule is O=c1c2ccccc2c(/C=N/NS(=O)(=O)c2ccccc2)c(O)n1-c1ccccc1C(F)(F)F. The van der Waals surface area contributed by atoms with E-state index in [0.29, 0.717) is 4.57 Å². The maximum absolute atomic E-state index is 13.6. The summed E-state index contributed by atoms with van der Waals surface area (Å²) >= 11 is 0. The number of halogens is 3. The predicted molar refractivity (Wildman–Crippen MR) is 121 cm³/mol. The fourth-order valence-electron chi connectivity index (χ4n) is 3.43. The lowest BCUT2D eigenvalue weighted by molar-refractivity contribution is -0.137. The molecule has 0 aliphatic rings. The largest absolute Gasteiger partial charge is 0.494 e. The van der Waals surface area contributed by atoms with Crippen LogP contribution in [0, 0.1) is 0 Å². The van der Waals surface area contributed by atoms with Crippen molar-refractivity contribution in [2.45, 2.75) is 11.1 Å². The van der Waals surface area contributed by atoms with E-state index in [-0.39, 0.29) is 21.2 Å². The second kappa shape index (κ2) is 8.67. The fraction of sp³-hybridized carbons (Fsp3) is 0.0435. The topological polar surface area (TPSA) is 101 Å². The van der Waals surface area contributed by atoms with E-state index in [0.717, 1.165) is 24.4 Å². The van der Waals surface area contributed by atoms with E-state index in [2.05, 4.69) is 5.10 Å². The molecule has 11 heteroatoms. The van der Waals surface area contributed by atoms with Crippen LogP contribution in [0.2, 0.25) is 0 Å². The van der Waals surface area contributed by atoms with Crippen LogP contribution < -0.4 is 10.4 Å². The van der Waals surface area contributed by atoms with Gasteiger partial charge in [0.1, 0.15) is 0 Å². The number of nitrogens with zero attached hydrogens (tertiary/aromatic N) is 2. The minimum atomic E-state index is -4.80. The molecule has 7 nitrogen and oxygen atoms in total. The minimum Gasteiger partial charge on any atom is -0.494 e. The number of hydrazone groups is 1. The number of benzene rings is 3. The van der Waals surface area contributed by atoms with E-state index < -0.39 is 38.9 Å². The Labute approximate surface area is 191 Å². The molecule has 3 aromatic carbocycles. The summed E-state index contributed by atoms with van der Waals surface area (Å²) < 4.78 is 66.1. The lowest BCUT2D eigenvalue weighted by Gasteiger charge is -2.18. The lowest BCUT2D eigenvalue weighted by atomic mass is 10.1. The van der Waals surface area contributed by atoms with Crippen LogP contribution in [0.5, 0.6) is 5.88 Å². The summed E-state index contributed by atoms with van der Waals surface area (Å²) in [5.74, 6) is -0.831. The third-order valence-corrected chi connectivity index (χ3v) is 6.21. The van der Waals surface area contributed by atoms with Gasteiger partial charge in [-0.25, -0.2) is 9.40 Å².